The van der Waals surface area contributed by atoms with Gasteiger partial charge in [-0.1, -0.05) is 25.1 Å². The van der Waals surface area contributed by atoms with E-state index in [2.05, 4.69) is 12.2 Å². The van der Waals surface area contributed by atoms with Crippen LogP contribution in [0.3, 0.4) is 0 Å². The standard InChI is InChI=1S/C17H24N2O3/c1-2-14-6-3-4-7-15(14)18-16(20)19-10-8-17(9-11-19)21-12-5-13-22-17/h3-4,6-7H,2,5,8-13H2,1H3,(H,18,20). The minimum Gasteiger partial charge on any atom is -0.350 e. The fraction of sp³-hybridized carbons (Fsp3) is 0.588. The molecule has 2 aliphatic heterocycles. The molecule has 2 amide bonds. The smallest absolute Gasteiger partial charge is 0.321 e. The molecule has 2 aliphatic rings. The zero-order chi connectivity index (χ0) is 15.4. The van der Waals surface area contributed by atoms with E-state index in [1.54, 1.807) is 0 Å². The van der Waals surface area contributed by atoms with Gasteiger partial charge in [0.05, 0.1) is 13.2 Å². The van der Waals surface area contributed by atoms with Gasteiger partial charge in [0.15, 0.2) is 5.79 Å². The van der Waals surface area contributed by atoms with Crippen LogP contribution in [0, 0.1) is 0 Å². The summed E-state index contributed by atoms with van der Waals surface area (Å²) in [6, 6.07) is 7.91. The molecule has 2 saturated heterocycles. The number of para-hydroxylation sites is 1. The lowest BCUT2D eigenvalue weighted by Gasteiger charge is -2.43. The van der Waals surface area contributed by atoms with E-state index in [1.165, 1.54) is 0 Å². The first kappa shape index (κ1) is 15.3. The Morgan fingerprint density at radius 2 is 1.91 bits per heavy atom. The van der Waals surface area contributed by atoms with E-state index in [0.717, 1.165) is 50.1 Å². The second kappa shape index (κ2) is 6.67. The molecule has 0 aliphatic carbocycles. The van der Waals surface area contributed by atoms with Gasteiger partial charge in [-0.15, -0.1) is 0 Å². The molecule has 120 valence electrons. The number of urea groups is 1. The second-order valence-electron chi connectivity index (χ2n) is 5.89. The Morgan fingerprint density at radius 1 is 1.23 bits per heavy atom. The molecule has 1 aromatic carbocycles. The monoisotopic (exact) mass is 304 g/mol. The van der Waals surface area contributed by atoms with Crippen LogP contribution >= 0.6 is 0 Å². The number of likely N-dealkylation sites (tertiary alicyclic amines) is 1. The van der Waals surface area contributed by atoms with Crippen molar-refractivity contribution in [1.82, 2.24) is 4.90 Å². The van der Waals surface area contributed by atoms with Crippen LogP contribution in [0.25, 0.3) is 0 Å². The Morgan fingerprint density at radius 3 is 2.59 bits per heavy atom. The molecule has 0 saturated carbocycles. The average molecular weight is 304 g/mol. The molecule has 1 spiro atoms. The van der Waals surface area contributed by atoms with E-state index < -0.39 is 5.79 Å². The molecule has 22 heavy (non-hydrogen) atoms. The van der Waals surface area contributed by atoms with E-state index in [-0.39, 0.29) is 6.03 Å². The summed E-state index contributed by atoms with van der Waals surface area (Å²) in [5.41, 5.74) is 2.06. The molecule has 0 bridgehead atoms. The van der Waals surface area contributed by atoms with Crippen LogP contribution in [-0.2, 0) is 15.9 Å². The molecule has 5 heteroatoms. The molecule has 0 unspecified atom stereocenters. The SMILES string of the molecule is CCc1ccccc1NC(=O)N1CCC2(CC1)OCCCO2. The molecule has 0 atom stereocenters. The van der Waals surface area contributed by atoms with E-state index >= 15 is 0 Å². The zero-order valence-electron chi connectivity index (χ0n) is 13.1. The highest BCUT2D eigenvalue weighted by atomic mass is 16.7. The van der Waals surface area contributed by atoms with Gasteiger partial charge >= 0.3 is 6.03 Å². The fourth-order valence-electron chi connectivity index (χ4n) is 3.10. The number of hydrogen-bond acceptors (Lipinski definition) is 3. The fourth-order valence-corrected chi connectivity index (χ4v) is 3.10. The number of carbonyl (C=O) groups is 1. The van der Waals surface area contributed by atoms with Crippen LogP contribution < -0.4 is 5.32 Å². The predicted molar refractivity (Wildman–Crippen MR) is 84.9 cm³/mol. The quantitative estimate of drug-likeness (QED) is 0.914. The van der Waals surface area contributed by atoms with E-state index in [9.17, 15) is 4.79 Å². The Labute approximate surface area is 131 Å². The van der Waals surface area contributed by atoms with Gasteiger partial charge in [0, 0.05) is 31.6 Å². The van der Waals surface area contributed by atoms with Crippen molar-refractivity contribution >= 4 is 11.7 Å². The highest BCUT2D eigenvalue weighted by Gasteiger charge is 2.39. The average Bonchev–Trinajstić information content (AvgIpc) is 2.57. The minimum absolute atomic E-state index is 0.0356. The lowest BCUT2D eigenvalue weighted by molar-refractivity contribution is -0.281. The Balaban J connectivity index is 1.58. The number of nitrogens with zero attached hydrogens (tertiary/aromatic N) is 1. The first-order valence-electron chi connectivity index (χ1n) is 8.14. The number of anilines is 1. The van der Waals surface area contributed by atoms with E-state index in [4.69, 9.17) is 9.47 Å². The van der Waals surface area contributed by atoms with Crippen LogP contribution in [-0.4, -0.2) is 43.0 Å². The molecule has 1 aromatic rings. The summed E-state index contributed by atoms with van der Waals surface area (Å²) < 4.78 is 11.6. The molecule has 2 fully saturated rings. The Hall–Kier alpha value is -1.59. The maximum Gasteiger partial charge on any atom is 0.321 e. The van der Waals surface area contributed by atoms with Crippen molar-refractivity contribution in [2.45, 2.75) is 38.4 Å². The summed E-state index contributed by atoms with van der Waals surface area (Å²) in [5, 5.41) is 3.03. The van der Waals surface area contributed by atoms with Crippen molar-refractivity contribution in [2.75, 3.05) is 31.6 Å². The molecule has 3 rings (SSSR count). The molecular weight excluding hydrogens is 280 g/mol. The summed E-state index contributed by atoms with van der Waals surface area (Å²) in [7, 11) is 0. The van der Waals surface area contributed by atoms with E-state index in [0.29, 0.717) is 13.1 Å². The summed E-state index contributed by atoms with van der Waals surface area (Å²) in [6.45, 7) is 4.94. The number of hydrogen-bond donors (Lipinski definition) is 1. The number of rotatable bonds is 2. The summed E-state index contributed by atoms with van der Waals surface area (Å²) >= 11 is 0. The van der Waals surface area contributed by atoms with Crippen LogP contribution in [0.5, 0.6) is 0 Å². The van der Waals surface area contributed by atoms with Gasteiger partial charge in [-0.05, 0) is 24.5 Å². The summed E-state index contributed by atoms with van der Waals surface area (Å²) in [4.78, 5) is 14.3. The minimum atomic E-state index is -0.448. The predicted octanol–water partition coefficient (Wildman–Crippen LogP) is 3.01. The van der Waals surface area contributed by atoms with Crippen molar-refractivity contribution in [3.05, 3.63) is 29.8 Å². The Kier molecular flexibility index (Phi) is 4.64. The van der Waals surface area contributed by atoms with Crippen molar-refractivity contribution < 1.29 is 14.3 Å². The maximum atomic E-state index is 12.4. The van der Waals surface area contributed by atoms with Crippen LogP contribution in [0.4, 0.5) is 10.5 Å². The van der Waals surface area contributed by atoms with Gasteiger partial charge in [0.2, 0.25) is 0 Å². The number of benzene rings is 1. The molecule has 5 nitrogen and oxygen atoms in total. The number of carbonyl (C=O) groups excluding carboxylic acids is 1. The number of amides is 2. The largest absolute Gasteiger partial charge is 0.350 e. The van der Waals surface area contributed by atoms with Gasteiger partial charge in [0.25, 0.3) is 0 Å². The van der Waals surface area contributed by atoms with Gasteiger partial charge in [0.1, 0.15) is 0 Å². The number of piperidine rings is 1. The third kappa shape index (κ3) is 3.25. The van der Waals surface area contributed by atoms with Crippen molar-refractivity contribution in [3.8, 4) is 0 Å². The molecular formula is C17H24N2O3. The van der Waals surface area contributed by atoms with E-state index in [1.807, 2.05) is 29.2 Å². The lowest BCUT2D eigenvalue weighted by atomic mass is 10.0. The molecule has 0 radical (unpaired) electrons. The normalized spacial score (nSPS) is 20.9. The summed E-state index contributed by atoms with van der Waals surface area (Å²) in [5.74, 6) is -0.448. The molecule has 0 aromatic heterocycles. The first-order chi connectivity index (χ1) is 10.7. The molecule has 2 heterocycles. The highest BCUT2D eigenvalue weighted by Crippen LogP contribution is 2.31. The van der Waals surface area contributed by atoms with Crippen molar-refractivity contribution in [3.63, 3.8) is 0 Å². The molecule has 1 N–H and O–H groups in total. The second-order valence-corrected chi connectivity index (χ2v) is 5.89. The maximum absolute atomic E-state index is 12.4. The van der Waals surface area contributed by atoms with Gasteiger partial charge in [-0.25, -0.2) is 4.79 Å². The topological polar surface area (TPSA) is 50.8 Å². The van der Waals surface area contributed by atoms with Crippen molar-refractivity contribution in [1.29, 1.82) is 0 Å². The van der Waals surface area contributed by atoms with Crippen LogP contribution in [0.15, 0.2) is 24.3 Å². The third-order valence-electron chi connectivity index (χ3n) is 4.47. The summed E-state index contributed by atoms with van der Waals surface area (Å²) in [6.07, 6.45) is 3.35. The Bertz CT molecular complexity index is 516. The number of nitrogens with one attached hydrogen (secondary N) is 1. The van der Waals surface area contributed by atoms with Gasteiger partial charge in [-0.2, -0.15) is 0 Å². The third-order valence-corrected chi connectivity index (χ3v) is 4.47. The highest BCUT2D eigenvalue weighted by molar-refractivity contribution is 5.90. The van der Waals surface area contributed by atoms with Crippen LogP contribution in [0.1, 0.15) is 31.7 Å². The van der Waals surface area contributed by atoms with Gasteiger partial charge < -0.3 is 19.7 Å². The lowest BCUT2D eigenvalue weighted by Crippen LogP contribution is -2.52. The van der Waals surface area contributed by atoms with Crippen molar-refractivity contribution in [2.24, 2.45) is 0 Å². The number of ether oxygens (including phenoxy) is 2. The van der Waals surface area contributed by atoms with Crippen LogP contribution in [0.2, 0.25) is 0 Å². The first-order valence-corrected chi connectivity index (χ1v) is 8.14. The number of aryl methyl sites for hydroxylation is 1. The zero-order valence-corrected chi connectivity index (χ0v) is 13.1. The van der Waals surface area contributed by atoms with Gasteiger partial charge in [-0.3, -0.25) is 0 Å².